The molecule has 2 aliphatic rings. The molecule has 0 aromatic heterocycles. The molecule has 2 fully saturated rings. The fraction of sp³-hybridized carbons (Fsp3) is 0.682. The quantitative estimate of drug-likeness (QED) is 0.612. The van der Waals surface area contributed by atoms with Crippen molar-refractivity contribution in [2.24, 2.45) is 10.4 Å². The first-order chi connectivity index (χ1) is 13.1. The Balaban J connectivity index is 1.57. The smallest absolute Gasteiger partial charge is 0.194 e. The molecule has 0 radical (unpaired) electrons. The lowest BCUT2D eigenvalue weighted by molar-refractivity contribution is -0.0390. The van der Waals surface area contributed by atoms with Crippen LogP contribution in [0.5, 0.6) is 0 Å². The molecule has 27 heavy (non-hydrogen) atoms. The Kier molecular flexibility index (Phi) is 7.13. The maximum Gasteiger partial charge on any atom is 0.194 e. The van der Waals surface area contributed by atoms with Crippen LogP contribution in [0.25, 0.3) is 0 Å². The number of hydrogen-bond donors (Lipinski definition) is 1. The molecular formula is C22H35N3O2. The van der Waals surface area contributed by atoms with E-state index in [1.165, 1.54) is 17.5 Å². The van der Waals surface area contributed by atoms with Crippen LogP contribution in [0, 0.1) is 5.41 Å². The molecule has 0 atom stereocenters. The van der Waals surface area contributed by atoms with Crippen molar-refractivity contribution in [1.82, 2.24) is 10.2 Å². The second-order valence-corrected chi connectivity index (χ2v) is 8.45. The van der Waals surface area contributed by atoms with E-state index in [1.807, 2.05) is 0 Å². The first kappa shape index (κ1) is 20.2. The van der Waals surface area contributed by atoms with Gasteiger partial charge in [0.25, 0.3) is 0 Å². The molecular weight excluding hydrogens is 338 g/mol. The van der Waals surface area contributed by atoms with Gasteiger partial charge < -0.3 is 19.7 Å². The van der Waals surface area contributed by atoms with Gasteiger partial charge in [0.05, 0.1) is 19.3 Å². The summed E-state index contributed by atoms with van der Waals surface area (Å²) in [5.74, 6) is 1.03. The zero-order valence-corrected chi connectivity index (χ0v) is 17.2. The van der Waals surface area contributed by atoms with Crippen molar-refractivity contribution < 1.29 is 9.47 Å². The molecule has 0 aliphatic carbocycles. The van der Waals surface area contributed by atoms with E-state index in [-0.39, 0.29) is 0 Å². The van der Waals surface area contributed by atoms with Gasteiger partial charge in [0.1, 0.15) is 0 Å². The summed E-state index contributed by atoms with van der Waals surface area (Å²) in [5.41, 5.74) is 2.83. The number of benzene rings is 1. The molecule has 0 saturated carbocycles. The summed E-state index contributed by atoms with van der Waals surface area (Å²) < 4.78 is 11.5. The Bertz CT molecular complexity index is 624. The molecule has 150 valence electrons. The summed E-state index contributed by atoms with van der Waals surface area (Å²) in [6.45, 7) is 12.8. The molecule has 5 heteroatoms. The van der Waals surface area contributed by atoms with Crippen LogP contribution < -0.4 is 5.32 Å². The lowest BCUT2D eigenvalue weighted by Crippen LogP contribution is -2.40. The zero-order chi connectivity index (χ0) is 19.1. The molecule has 1 aromatic rings. The second kappa shape index (κ2) is 9.56. The Morgan fingerprint density at radius 3 is 2.78 bits per heavy atom. The van der Waals surface area contributed by atoms with Crippen molar-refractivity contribution in [2.45, 2.75) is 59.3 Å². The minimum absolute atomic E-state index is 0.333. The van der Waals surface area contributed by atoms with Gasteiger partial charge in [-0.15, -0.1) is 0 Å². The van der Waals surface area contributed by atoms with Crippen molar-refractivity contribution in [3.05, 3.63) is 35.4 Å². The SMILES string of the molecule is CCNC(=NCc1cccc(COC2CCOCC2)c1)N1CCC(C)(C)C1. The van der Waals surface area contributed by atoms with Gasteiger partial charge in [0.15, 0.2) is 5.96 Å². The summed E-state index contributed by atoms with van der Waals surface area (Å²) in [7, 11) is 0. The predicted molar refractivity (Wildman–Crippen MR) is 110 cm³/mol. The van der Waals surface area contributed by atoms with Crippen molar-refractivity contribution in [3.63, 3.8) is 0 Å². The van der Waals surface area contributed by atoms with Gasteiger partial charge >= 0.3 is 0 Å². The van der Waals surface area contributed by atoms with E-state index in [1.54, 1.807) is 0 Å². The van der Waals surface area contributed by atoms with E-state index in [2.05, 4.69) is 55.3 Å². The average molecular weight is 374 g/mol. The number of hydrogen-bond acceptors (Lipinski definition) is 3. The average Bonchev–Trinajstić information content (AvgIpc) is 3.04. The molecule has 0 amide bonds. The number of aliphatic imine (C=N–C) groups is 1. The van der Waals surface area contributed by atoms with Gasteiger partial charge in [-0.25, -0.2) is 4.99 Å². The second-order valence-electron chi connectivity index (χ2n) is 8.45. The van der Waals surface area contributed by atoms with Gasteiger partial charge in [-0.2, -0.15) is 0 Å². The Morgan fingerprint density at radius 1 is 1.30 bits per heavy atom. The Hall–Kier alpha value is -1.59. The van der Waals surface area contributed by atoms with Crippen LogP contribution in [0.3, 0.4) is 0 Å². The highest BCUT2D eigenvalue weighted by molar-refractivity contribution is 5.80. The van der Waals surface area contributed by atoms with Crippen LogP contribution in [0.15, 0.2) is 29.3 Å². The van der Waals surface area contributed by atoms with Crippen LogP contribution in [0.1, 0.15) is 51.2 Å². The predicted octanol–water partition coefficient (Wildman–Crippen LogP) is 3.58. The van der Waals surface area contributed by atoms with Crippen LogP contribution in [0.4, 0.5) is 0 Å². The largest absolute Gasteiger partial charge is 0.381 e. The fourth-order valence-corrected chi connectivity index (χ4v) is 3.76. The van der Waals surface area contributed by atoms with Crippen molar-refractivity contribution >= 4 is 5.96 Å². The first-order valence-electron chi connectivity index (χ1n) is 10.4. The monoisotopic (exact) mass is 373 g/mol. The summed E-state index contributed by atoms with van der Waals surface area (Å²) in [6.07, 6.45) is 3.56. The van der Waals surface area contributed by atoms with Crippen LogP contribution in [0.2, 0.25) is 0 Å². The molecule has 2 aliphatic heterocycles. The van der Waals surface area contributed by atoms with Gasteiger partial charge in [-0.3, -0.25) is 0 Å². The molecule has 0 spiro atoms. The van der Waals surface area contributed by atoms with Crippen molar-refractivity contribution in [2.75, 3.05) is 32.8 Å². The number of likely N-dealkylation sites (tertiary alicyclic amines) is 1. The van der Waals surface area contributed by atoms with E-state index in [0.29, 0.717) is 24.7 Å². The van der Waals surface area contributed by atoms with Crippen LogP contribution in [-0.4, -0.2) is 49.8 Å². The normalized spacial score (nSPS) is 20.9. The van der Waals surface area contributed by atoms with Gasteiger partial charge in [0.2, 0.25) is 0 Å². The van der Waals surface area contributed by atoms with E-state index in [4.69, 9.17) is 14.5 Å². The van der Waals surface area contributed by atoms with Crippen molar-refractivity contribution in [1.29, 1.82) is 0 Å². The number of guanidine groups is 1. The minimum Gasteiger partial charge on any atom is -0.381 e. The lowest BCUT2D eigenvalue weighted by Gasteiger charge is -2.23. The third kappa shape index (κ3) is 6.22. The zero-order valence-electron chi connectivity index (χ0n) is 17.2. The topological polar surface area (TPSA) is 46.1 Å². The third-order valence-corrected chi connectivity index (χ3v) is 5.37. The van der Waals surface area contributed by atoms with Crippen molar-refractivity contribution in [3.8, 4) is 0 Å². The lowest BCUT2D eigenvalue weighted by atomic mass is 9.93. The maximum atomic E-state index is 6.06. The molecule has 2 heterocycles. The first-order valence-corrected chi connectivity index (χ1v) is 10.4. The Morgan fingerprint density at radius 2 is 2.07 bits per heavy atom. The van der Waals surface area contributed by atoms with E-state index in [0.717, 1.165) is 51.6 Å². The number of nitrogens with zero attached hydrogens (tertiary/aromatic N) is 2. The van der Waals surface area contributed by atoms with E-state index < -0.39 is 0 Å². The minimum atomic E-state index is 0.333. The molecule has 0 bridgehead atoms. The number of rotatable bonds is 6. The maximum absolute atomic E-state index is 6.06. The fourth-order valence-electron chi connectivity index (χ4n) is 3.76. The summed E-state index contributed by atoms with van der Waals surface area (Å²) in [4.78, 5) is 7.29. The van der Waals surface area contributed by atoms with E-state index in [9.17, 15) is 0 Å². The summed E-state index contributed by atoms with van der Waals surface area (Å²) >= 11 is 0. The van der Waals surface area contributed by atoms with E-state index >= 15 is 0 Å². The van der Waals surface area contributed by atoms with Gasteiger partial charge in [0, 0.05) is 32.8 Å². The Labute approximate surface area is 164 Å². The summed E-state index contributed by atoms with van der Waals surface area (Å²) in [5, 5.41) is 3.45. The number of ether oxygens (including phenoxy) is 2. The standard InChI is InChI=1S/C22H35N3O2/c1-4-23-21(25-11-10-22(2,3)17-25)24-15-18-6-5-7-19(14-18)16-27-20-8-12-26-13-9-20/h5-7,14,20H,4,8-13,15-17H2,1-3H3,(H,23,24). The highest BCUT2D eigenvalue weighted by atomic mass is 16.5. The van der Waals surface area contributed by atoms with Crippen LogP contribution >= 0.6 is 0 Å². The number of nitrogens with one attached hydrogen (secondary N) is 1. The molecule has 1 aromatic carbocycles. The highest BCUT2D eigenvalue weighted by Crippen LogP contribution is 2.28. The molecule has 5 nitrogen and oxygen atoms in total. The van der Waals surface area contributed by atoms with Gasteiger partial charge in [-0.1, -0.05) is 38.1 Å². The molecule has 3 rings (SSSR count). The third-order valence-electron chi connectivity index (χ3n) is 5.37. The van der Waals surface area contributed by atoms with Gasteiger partial charge in [-0.05, 0) is 42.7 Å². The summed E-state index contributed by atoms with van der Waals surface area (Å²) in [6, 6.07) is 8.62. The molecule has 0 unspecified atom stereocenters. The van der Waals surface area contributed by atoms with Crippen LogP contribution in [-0.2, 0) is 22.6 Å². The molecule has 1 N–H and O–H groups in total. The molecule has 2 saturated heterocycles. The highest BCUT2D eigenvalue weighted by Gasteiger charge is 2.30.